The van der Waals surface area contributed by atoms with Crippen LogP contribution in [0, 0.1) is 5.82 Å². The molecule has 6 nitrogen and oxygen atoms in total. The number of fused-ring (bicyclic) bond motifs is 1. The minimum absolute atomic E-state index is 0.340. The third kappa shape index (κ3) is 4.13. The highest BCUT2D eigenvalue weighted by atomic mass is 19.1. The number of aromatic nitrogens is 3. The number of nitrogens with one attached hydrogen (secondary N) is 1. The van der Waals surface area contributed by atoms with E-state index in [1.54, 1.807) is 12.5 Å². The number of nitrogens with zero attached hydrogens (tertiary/aromatic N) is 4. The van der Waals surface area contributed by atoms with Crippen molar-refractivity contribution in [2.24, 2.45) is 0 Å². The fourth-order valence-corrected chi connectivity index (χ4v) is 4.64. The average Bonchev–Trinajstić information content (AvgIpc) is 2.80. The van der Waals surface area contributed by atoms with Crippen LogP contribution in [-0.2, 0) is 4.74 Å². The van der Waals surface area contributed by atoms with Gasteiger partial charge in [0.25, 0.3) is 0 Å². The van der Waals surface area contributed by atoms with E-state index in [0.717, 1.165) is 67.0 Å². The monoisotopic (exact) mass is 407 g/mol. The van der Waals surface area contributed by atoms with Crippen LogP contribution in [0.4, 0.5) is 10.2 Å². The van der Waals surface area contributed by atoms with Gasteiger partial charge in [0.1, 0.15) is 18.0 Å². The number of hydrogen-bond donors (Lipinski definition) is 1. The van der Waals surface area contributed by atoms with Gasteiger partial charge in [-0.3, -0.25) is 9.88 Å². The molecule has 0 unspecified atom stereocenters. The lowest BCUT2D eigenvalue weighted by atomic mass is 9.90. The summed E-state index contributed by atoms with van der Waals surface area (Å²) in [5, 5.41) is 4.61. The number of hydrogen-bond acceptors (Lipinski definition) is 6. The van der Waals surface area contributed by atoms with Gasteiger partial charge in [0.15, 0.2) is 0 Å². The molecule has 1 aliphatic carbocycles. The van der Waals surface area contributed by atoms with Crippen LogP contribution in [0.1, 0.15) is 25.7 Å². The van der Waals surface area contributed by atoms with E-state index < -0.39 is 0 Å². The first kappa shape index (κ1) is 19.3. The number of halogens is 1. The van der Waals surface area contributed by atoms with Gasteiger partial charge in [0.2, 0.25) is 0 Å². The molecule has 0 amide bonds. The zero-order valence-electron chi connectivity index (χ0n) is 16.9. The Kier molecular flexibility index (Phi) is 5.55. The molecule has 0 atom stereocenters. The van der Waals surface area contributed by atoms with Crippen LogP contribution in [0.15, 0.2) is 43.0 Å². The van der Waals surface area contributed by atoms with Crippen molar-refractivity contribution >= 4 is 16.7 Å². The predicted octanol–water partition coefficient (Wildman–Crippen LogP) is 3.89. The van der Waals surface area contributed by atoms with Crippen molar-refractivity contribution in [2.45, 2.75) is 37.8 Å². The Labute approximate surface area is 175 Å². The van der Waals surface area contributed by atoms with E-state index in [1.165, 1.54) is 25.1 Å². The van der Waals surface area contributed by atoms with Crippen molar-refractivity contribution < 1.29 is 9.13 Å². The Morgan fingerprint density at radius 3 is 2.60 bits per heavy atom. The van der Waals surface area contributed by atoms with Gasteiger partial charge in [-0.1, -0.05) is 6.07 Å². The molecule has 156 valence electrons. The molecule has 3 aromatic rings. The van der Waals surface area contributed by atoms with E-state index in [1.807, 2.05) is 18.2 Å². The van der Waals surface area contributed by atoms with Crippen LogP contribution in [0.2, 0.25) is 0 Å². The summed E-state index contributed by atoms with van der Waals surface area (Å²) in [4.78, 5) is 15.5. The molecule has 0 radical (unpaired) electrons. The van der Waals surface area contributed by atoms with Crippen molar-refractivity contribution in [1.29, 1.82) is 0 Å². The zero-order valence-corrected chi connectivity index (χ0v) is 16.9. The highest BCUT2D eigenvalue weighted by molar-refractivity contribution is 5.92. The van der Waals surface area contributed by atoms with Crippen LogP contribution >= 0.6 is 0 Å². The number of benzene rings is 1. The molecule has 2 aromatic heterocycles. The summed E-state index contributed by atoms with van der Waals surface area (Å²) < 4.78 is 19.1. The molecule has 0 bridgehead atoms. The Morgan fingerprint density at radius 2 is 1.80 bits per heavy atom. The number of rotatable bonds is 4. The van der Waals surface area contributed by atoms with Crippen molar-refractivity contribution in [1.82, 2.24) is 19.9 Å². The van der Waals surface area contributed by atoms with E-state index in [0.29, 0.717) is 12.1 Å². The van der Waals surface area contributed by atoms with Gasteiger partial charge in [-0.15, -0.1) is 0 Å². The van der Waals surface area contributed by atoms with Crippen LogP contribution in [0.25, 0.3) is 22.0 Å². The van der Waals surface area contributed by atoms with E-state index in [2.05, 4.69) is 25.2 Å². The van der Waals surface area contributed by atoms with Crippen LogP contribution in [-0.4, -0.2) is 58.2 Å². The van der Waals surface area contributed by atoms with Gasteiger partial charge in [-0.25, -0.2) is 14.4 Å². The van der Waals surface area contributed by atoms with Gasteiger partial charge >= 0.3 is 0 Å². The summed E-state index contributed by atoms with van der Waals surface area (Å²) in [6, 6.07) is 8.49. The standard InChI is InChI=1S/C23H26FN5O/c24-18-11-17(13-25-14-18)16-1-6-22-21(12-16)23(27-15-26-22)28-19-2-4-20(5-3-19)29-7-9-30-10-8-29/h1,6,11-15,19-20H,2-5,7-10H2,(H,26,27,28)/t19-,20-. The fourth-order valence-electron chi connectivity index (χ4n) is 4.64. The number of anilines is 1. The van der Waals surface area contributed by atoms with Gasteiger partial charge in [-0.05, 0) is 49.4 Å². The minimum atomic E-state index is -0.340. The topological polar surface area (TPSA) is 63.2 Å². The maximum Gasteiger partial charge on any atom is 0.142 e. The molecule has 5 rings (SSSR count). The quantitative estimate of drug-likeness (QED) is 0.708. The summed E-state index contributed by atoms with van der Waals surface area (Å²) in [5.74, 6) is 0.508. The zero-order chi connectivity index (χ0) is 20.3. The molecule has 1 aromatic carbocycles. The first-order valence-electron chi connectivity index (χ1n) is 10.7. The largest absolute Gasteiger partial charge is 0.379 e. The molecular formula is C23H26FN5O. The molecule has 1 saturated heterocycles. The third-order valence-electron chi connectivity index (χ3n) is 6.27. The summed E-state index contributed by atoms with van der Waals surface area (Å²) in [6.45, 7) is 3.82. The van der Waals surface area contributed by atoms with Gasteiger partial charge in [0, 0.05) is 42.3 Å². The fraction of sp³-hybridized carbons (Fsp3) is 0.435. The second-order valence-corrected chi connectivity index (χ2v) is 8.14. The molecular weight excluding hydrogens is 381 g/mol. The summed E-state index contributed by atoms with van der Waals surface area (Å²) >= 11 is 0. The lowest BCUT2D eigenvalue weighted by Gasteiger charge is -2.39. The molecule has 1 aliphatic heterocycles. The first-order valence-corrected chi connectivity index (χ1v) is 10.7. The maximum absolute atomic E-state index is 13.6. The lowest BCUT2D eigenvalue weighted by Crippen LogP contribution is -2.46. The Bertz CT molecular complexity index is 1020. The normalized spacial score (nSPS) is 22.8. The number of ether oxygens (including phenoxy) is 1. The van der Waals surface area contributed by atoms with E-state index >= 15 is 0 Å². The Balaban J connectivity index is 1.32. The molecule has 30 heavy (non-hydrogen) atoms. The highest BCUT2D eigenvalue weighted by Crippen LogP contribution is 2.30. The lowest BCUT2D eigenvalue weighted by molar-refractivity contribution is 0.00791. The minimum Gasteiger partial charge on any atom is -0.379 e. The molecule has 2 aliphatic rings. The molecule has 2 fully saturated rings. The maximum atomic E-state index is 13.6. The smallest absolute Gasteiger partial charge is 0.142 e. The van der Waals surface area contributed by atoms with Crippen LogP contribution < -0.4 is 5.32 Å². The van der Waals surface area contributed by atoms with Gasteiger partial charge < -0.3 is 10.1 Å². The molecule has 7 heteroatoms. The first-order chi connectivity index (χ1) is 14.8. The van der Waals surface area contributed by atoms with Crippen LogP contribution in [0.3, 0.4) is 0 Å². The summed E-state index contributed by atoms with van der Waals surface area (Å²) in [7, 11) is 0. The van der Waals surface area contributed by atoms with Crippen molar-refractivity contribution in [3.05, 3.63) is 48.8 Å². The Morgan fingerprint density at radius 1 is 0.967 bits per heavy atom. The predicted molar refractivity (Wildman–Crippen MR) is 115 cm³/mol. The second-order valence-electron chi connectivity index (χ2n) is 8.14. The van der Waals surface area contributed by atoms with Crippen molar-refractivity contribution in [2.75, 3.05) is 31.6 Å². The SMILES string of the molecule is Fc1cncc(-c2ccc3ncnc(N[C@H]4CC[C@H](N5CCOCC5)CC4)c3c2)c1. The van der Waals surface area contributed by atoms with E-state index in [9.17, 15) is 4.39 Å². The third-order valence-corrected chi connectivity index (χ3v) is 6.27. The van der Waals surface area contributed by atoms with E-state index in [4.69, 9.17) is 4.74 Å². The molecule has 0 spiro atoms. The number of morpholine rings is 1. The van der Waals surface area contributed by atoms with Crippen molar-refractivity contribution in [3.63, 3.8) is 0 Å². The molecule has 3 heterocycles. The average molecular weight is 407 g/mol. The second kappa shape index (κ2) is 8.62. The summed E-state index contributed by atoms with van der Waals surface area (Å²) in [5.41, 5.74) is 2.53. The molecule has 1 saturated carbocycles. The number of pyridine rings is 1. The molecule has 1 N–H and O–H groups in total. The van der Waals surface area contributed by atoms with Gasteiger partial charge in [-0.2, -0.15) is 0 Å². The highest BCUT2D eigenvalue weighted by Gasteiger charge is 2.27. The summed E-state index contributed by atoms with van der Waals surface area (Å²) in [6.07, 6.45) is 9.14. The van der Waals surface area contributed by atoms with Gasteiger partial charge in [0.05, 0.1) is 24.9 Å². The van der Waals surface area contributed by atoms with Crippen molar-refractivity contribution in [3.8, 4) is 11.1 Å². The van der Waals surface area contributed by atoms with Crippen LogP contribution in [0.5, 0.6) is 0 Å². The Hall–Kier alpha value is -2.64. The van der Waals surface area contributed by atoms with E-state index in [-0.39, 0.29) is 5.82 Å².